The van der Waals surface area contributed by atoms with Crippen LogP contribution in [0.25, 0.3) is 5.57 Å². The largest absolute Gasteiger partial charge is 0.293 e. The molecule has 0 saturated heterocycles. The van der Waals surface area contributed by atoms with Crippen molar-refractivity contribution in [3.05, 3.63) is 41.6 Å². The molecule has 0 N–H and O–H groups in total. The average Bonchev–Trinajstić information content (AvgIpc) is 2.46. The van der Waals surface area contributed by atoms with Gasteiger partial charge in [0.1, 0.15) is 0 Å². The Labute approximate surface area is 132 Å². The number of hydrogen-bond donors (Lipinski definition) is 0. The summed E-state index contributed by atoms with van der Waals surface area (Å²) in [5.74, 6) is 0.133. The minimum absolute atomic E-state index is 0.133. The molecule has 4 heteroatoms. The number of carbonyl (C=O) groups excluding carboxylic acids is 1. The third-order valence-corrected chi connectivity index (χ3v) is 3.99. The quantitative estimate of drug-likeness (QED) is 0.594. The summed E-state index contributed by atoms with van der Waals surface area (Å²) in [7, 11) is 0. The van der Waals surface area contributed by atoms with Crippen molar-refractivity contribution in [2.75, 3.05) is 0 Å². The summed E-state index contributed by atoms with van der Waals surface area (Å²) in [5.41, 5.74) is 1.83. The van der Waals surface area contributed by atoms with Crippen molar-refractivity contribution in [1.82, 2.24) is 5.01 Å². The summed E-state index contributed by atoms with van der Waals surface area (Å²) in [6.45, 7) is 12.2. The van der Waals surface area contributed by atoms with Gasteiger partial charge in [0, 0.05) is 12.1 Å². The van der Waals surface area contributed by atoms with Crippen LogP contribution in [0.2, 0.25) is 0 Å². The van der Waals surface area contributed by atoms with Crippen molar-refractivity contribution in [2.45, 2.75) is 53.6 Å². The molecule has 0 atom stereocenters. The highest BCUT2D eigenvalue weighted by atomic mass is 16.1. The molecule has 0 fully saturated rings. The van der Waals surface area contributed by atoms with E-state index >= 15 is 0 Å². The van der Waals surface area contributed by atoms with E-state index in [0.717, 1.165) is 11.3 Å². The lowest BCUT2D eigenvalue weighted by Crippen LogP contribution is -2.38. The molecule has 1 aromatic rings. The van der Waals surface area contributed by atoms with Crippen LogP contribution in [0.4, 0.5) is 0 Å². The maximum atomic E-state index is 12.4. The van der Waals surface area contributed by atoms with Gasteiger partial charge < -0.3 is 0 Å². The highest BCUT2D eigenvalue weighted by Crippen LogP contribution is 2.47. The predicted molar refractivity (Wildman–Crippen MR) is 89.1 cm³/mol. The normalized spacial score (nSPS) is 17.5. The van der Waals surface area contributed by atoms with Crippen LogP contribution in [-0.2, 0) is 4.79 Å². The third-order valence-electron chi connectivity index (χ3n) is 3.99. The molecule has 22 heavy (non-hydrogen) atoms. The molecule has 0 amide bonds. The third kappa shape index (κ3) is 2.82. The maximum absolute atomic E-state index is 12.4. The van der Waals surface area contributed by atoms with Gasteiger partial charge in [-0.05, 0) is 47.1 Å². The van der Waals surface area contributed by atoms with Crippen LogP contribution in [0.3, 0.4) is 0 Å². The van der Waals surface area contributed by atoms with Crippen LogP contribution >= 0.6 is 0 Å². The lowest BCUT2D eigenvalue weighted by atomic mass is 9.67. The van der Waals surface area contributed by atoms with Gasteiger partial charge in [-0.15, -0.1) is 5.11 Å². The van der Waals surface area contributed by atoms with Crippen molar-refractivity contribution in [1.29, 1.82) is 0 Å². The van der Waals surface area contributed by atoms with E-state index in [1.807, 2.05) is 49.2 Å². The molecule has 0 radical (unpaired) electrons. The Morgan fingerprint density at radius 3 is 2.05 bits per heavy atom. The van der Waals surface area contributed by atoms with Crippen LogP contribution < -0.4 is 0 Å². The molecule has 0 saturated carbocycles. The molecular formula is C18H25N3O. The summed E-state index contributed by atoms with van der Waals surface area (Å²) in [6.07, 6.45) is 0. The van der Waals surface area contributed by atoms with Gasteiger partial charge in [-0.1, -0.05) is 35.6 Å². The molecule has 0 spiro atoms. The topological polar surface area (TPSA) is 45.0 Å². The summed E-state index contributed by atoms with van der Waals surface area (Å²) in [4.78, 5) is 12.4. The fourth-order valence-corrected chi connectivity index (χ4v) is 2.72. The number of carbonyl (C=O) groups is 1. The van der Waals surface area contributed by atoms with E-state index < -0.39 is 5.41 Å². The molecule has 0 aromatic heterocycles. The average molecular weight is 299 g/mol. The predicted octanol–water partition coefficient (Wildman–Crippen LogP) is 4.49. The Morgan fingerprint density at radius 1 is 1.00 bits per heavy atom. The Hall–Kier alpha value is -1.97. The van der Waals surface area contributed by atoms with E-state index in [1.54, 1.807) is 0 Å². The van der Waals surface area contributed by atoms with E-state index in [9.17, 15) is 4.79 Å². The van der Waals surface area contributed by atoms with E-state index in [2.05, 4.69) is 38.0 Å². The number of Topliss-reactive ketones (excluding diaryl/α,β-unsaturated/α-hetero) is 1. The van der Waals surface area contributed by atoms with Gasteiger partial charge in [0.05, 0.1) is 16.7 Å². The summed E-state index contributed by atoms with van der Waals surface area (Å²) < 4.78 is 0. The number of nitrogens with zero attached hydrogens (tertiary/aromatic N) is 3. The second-order valence-corrected chi connectivity index (χ2v) is 6.80. The standard InChI is InChI=1S/C18H25N3O/c1-12(2)21(13(3)4)20-19-16-15(17(22)18(16,5)6)14-10-8-7-9-11-14/h7-13H,1-6H3. The Balaban J connectivity index is 2.41. The zero-order chi connectivity index (χ0) is 16.5. The van der Waals surface area contributed by atoms with Gasteiger partial charge in [0.2, 0.25) is 0 Å². The maximum Gasteiger partial charge on any atom is 0.177 e. The van der Waals surface area contributed by atoms with Gasteiger partial charge in [-0.2, -0.15) is 0 Å². The second-order valence-electron chi connectivity index (χ2n) is 6.80. The van der Waals surface area contributed by atoms with Crippen molar-refractivity contribution in [3.8, 4) is 0 Å². The molecular weight excluding hydrogens is 274 g/mol. The molecule has 1 aromatic carbocycles. The Kier molecular flexibility index (Phi) is 4.50. The summed E-state index contributed by atoms with van der Waals surface area (Å²) >= 11 is 0. The van der Waals surface area contributed by atoms with Crippen molar-refractivity contribution in [2.24, 2.45) is 15.8 Å². The van der Waals surface area contributed by atoms with Gasteiger partial charge in [-0.3, -0.25) is 9.80 Å². The smallest absolute Gasteiger partial charge is 0.177 e. The highest BCUT2D eigenvalue weighted by Gasteiger charge is 2.47. The zero-order valence-electron chi connectivity index (χ0n) is 14.3. The fraction of sp³-hybridized carbons (Fsp3) is 0.500. The van der Waals surface area contributed by atoms with E-state index in [1.165, 1.54) is 0 Å². The number of rotatable bonds is 5. The van der Waals surface area contributed by atoms with Crippen LogP contribution in [-0.4, -0.2) is 22.9 Å². The molecule has 1 aliphatic rings. The van der Waals surface area contributed by atoms with Crippen LogP contribution in [0.5, 0.6) is 0 Å². The van der Waals surface area contributed by atoms with Crippen molar-refractivity contribution in [3.63, 3.8) is 0 Å². The van der Waals surface area contributed by atoms with E-state index in [-0.39, 0.29) is 17.9 Å². The number of allylic oxidation sites excluding steroid dienone is 2. The van der Waals surface area contributed by atoms with Gasteiger partial charge in [0.15, 0.2) is 5.78 Å². The summed E-state index contributed by atoms with van der Waals surface area (Å²) in [5, 5.41) is 10.8. The van der Waals surface area contributed by atoms with Gasteiger partial charge in [-0.25, -0.2) is 0 Å². The van der Waals surface area contributed by atoms with Crippen LogP contribution in [0.15, 0.2) is 46.4 Å². The van der Waals surface area contributed by atoms with Gasteiger partial charge >= 0.3 is 0 Å². The summed E-state index contributed by atoms with van der Waals surface area (Å²) in [6, 6.07) is 10.2. The second kappa shape index (κ2) is 6.03. The first-order valence-electron chi connectivity index (χ1n) is 7.81. The molecule has 118 valence electrons. The molecule has 1 aliphatic carbocycles. The highest BCUT2D eigenvalue weighted by molar-refractivity contribution is 6.32. The molecule has 0 aliphatic heterocycles. The van der Waals surface area contributed by atoms with Crippen LogP contribution in [0.1, 0.15) is 47.1 Å². The number of ketones is 1. The first kappa shape index (κ1) is 16.4. The van der Waals surface area contributed by atoms with Gasteiger partial charge in [0.25, 0.3) is 0 Å². The monoisotopic (exact) mass is 299 g/mol. The minimum Gasteiger partial charge on any atom is -0.293 e. The Morgan fingerprint density at radius 2 is 1.55 bits per heavy atom. The molecule has 4 nitrogen and oxygen atoms in total. The van der Waals surface area contributed by atoms with Crippen molar-refractivity contribution >= 4 is 11.4 Å². The van der Waals surface area contributed by atoms with E-state index in [0.29, 0.717) is 5.57 Å². The molecule has 2 rings (SSSR count). The Bertz CT molecular complexity index is 604. The number of hydrogen-bond acceptors (Lipinski definition) is 3. The lowest BCUT2D eigenvalue weighted by Gasteiger charge is -2.36. The molecule has 0 bridgehead atoms. The van der Waals surface area contributed by atoms with Crippen LogP contribution in [0, 0.1) is 5.41 Å². The van der Waals surface area contributed by atoms with E-state index in [4.69, 9.17) is 0 Å². The first-order chi connectivity index (χ1) is 10.3. The molecule has 0 heterocycles. The SMILES string of the molecule is CC(C)N(N=NC1=C(c2ccccc2)C(=O)C1(C)C)C(C)C. The minimum atomic E-state index is -0.561. The van der Waals surface area contributed by atoms with Crippen molar-refractivity contribution < 1.29 is 4.79 Å². The fourth-order valence-electron chi connectivity index (χ4n) is 2.72. The zero-order valence-corrected chi connectivity index (χ0v) is 14.3. The number of benzene rings is 1. The lowest BCUT2D eigenvalue weighted by molar-refractivity contribution is -0.121. The molecule has 0 unspecified atom stereocenters. The first-order valence-corrected chi connectivity index (χ1v) is 7.81.